The van der Waals surface area contributed by atoms with E-state index in [9.17, 15) is 4.79 Å². The van der Waals surface area contributed by atoms with Crippen LogP contribution in [-0.4, -0.2) is 26.0 Å². The second kappa shape index (κ2) is 5.29. The van der Waals surface area contributed by atoms with Crippen molar-refractivity contribution in [1.82, 2.24) is 5.32 Å². The lowest BCUT2D eigenvalue weighted by molar-refractivity contribution is -0.122. The molecule has 1 aromatic heterocycles. The lowest BCUT2D eigenvalue weighted by Gasteiger charge is -2.26. The molecule has 88 valence electrons. The summed E-state index contributed by atoms with van der Waals surface area (Å²) in [6.07, 6.45) is 1.91. The molecule has 0 aromatic carbocycles. The van der Waals surface area contributed by atoms with E-state index in [-0.39, 0.29) is 11.8 Å². The van der Waals surface area contributed by atoms with Crippen LogP contribution in [0.4, 0.5) is 5.00 Å². The van der Waals surface area contributed by atoms with E-state index in [1.54, 1.807) is 16.2 Å². The summed E-state index contributed by atoms with van der Waals surface area (Å²) in [4.78, 5) is 14.0. The van der Waals surface area contributed by atoms with Gasteiger partial charge in [0.25, 0.3) is 0 Å². The summed E-state index contributed by atoms with van der Waals surface area (Å²) in [5, 5.41) is 4.29. The number of thiophene rings is 1. The fourth-order valence-corrected chi connectivity index (χ4v) is 3.26. The van der Waals surface area contributed by atoms with E-state index in [0.717, 1.165) is 34.7 Å². The van der Waals surface area contributed by atoms with Crippen LogP contribution in [0.2, 0.25) is 0 Å². The number of hydrogen-bond donors (Lipinski definition) is 1. The van der Waals surface area contributed by atoms with Gasteiger partial charge < -0.3 is 10.2 Å². The summed E-state index contributed by atoms with van der Waals surface area (Å²) in [5.74, 6) is 0.433. The van der Waals surface area contributed by atoms with Crippen molar-refractivity contribution in [2.24, 2.45) is 5.92 Å². The highest BCUT2D eigenvalue weighted by Crippen LogP contribution is 2.30. The molecule has 1 fully saturated rings. The number of carbonyl (C=O) groups is 1. The van der Waals surface area contributed by atoms with Crippen molar-refractivity contribution in [3.63, 3.8) is 0 Å². The molecule has 0 bridgehead atoms. The van der Waals surface area contributed by atoms with Gasteiger partial charge in [-0.05, 0) is 54.0 Å². The van der Waals surface area contributed by atoms with Crippen LogP contribution >= 0.6 is 27.3 Å². The van der Waals surface area contributed by atoms with Gasteiger partial charge in [0.15, 0.2) is 0 Å². The molecule has 2 heterocycles. The summed E-state index contributed by atoms with van der Waals surface area (Å²) in [5.41, 5.74) is 0. The zero-order chi connectivity index (χ0) is 11.5. The van der Waals surface area contributed by atoms with E-state index in [1.165, 1.54) is 0 Å². The molecule has 1 amide bonds. The van der Waals surface area contributed by atoms with Crippen molar-refractivity contribution in [3.8, 4) is 0 Å². The molecule has 1 aliphatic rings. The van der Waals surface area contributed by atoms with Crippen molar-refractivity contribution in [2.75, 3.05) is 25.0 Å². The van der Waals surface area contributed by atoms with Crippen LogP contribution in [0.1, 0.15) is 12.8 Å². The fourth-order valence-electron chi connectivity index (χ4n) is 1.94. The molecule has 16 heavy (non-hydrogen) atoms. The van der Waals surface area contributed by atoms with Gasteiger partial charge in [-0.15, -0.1) is 11.3 Å². The molecule has 1 aromatic rings. The van der Waals surface area contributed by atoms with Crippen molar-refractivity contribution < 1.29 is 4.79 Å². The van der Waals surface area contributed by atoms with Gasteiger partial charge in [-0.25, -0.2) is 0 Å². The number of nitrogens with one attached hydrogen (secondary N) is 1. The average molecular weight is 303 g/mol. The van der Waals surface area contributed by atoms with Crippen LogP contribution in [0.3, 0.4) is 0 Å². The Labute approximate surface area is 108 Å². The molecule has 0 atom stereocenters. The molecule has 0 spiro atoms. The molecule has 0 aliphatic carbocycles. The van der Waals surface area contributed by atoms with Gasteiger partial charge in [0.1, 0.15) is 0 Å². The maximum absolute atomic E-state index is 12.2. The highest BCUT2D eigenvalue weighted by atomic mass is 79.9. The minimum absolute atomic E-state index is 0.187. The third-order valence-electron chi connectivity index (χ3n) is 2.91. The van der Waals surface area contributed by atoms with E-state index in [1.807, 2.05) is 19.2 Å². The molecule has 1 saturated heterocycles. The first kappa shape index (κ1) is 12.1. The smallest absolute Gasteiger partial charge is 0.230 e. The lowest BCUT2D eigenvalue weighted by atomic mass is 9.97. The zero-order valence-corrected chi connectivity index (χ0v) is 11.6. The maximum Gasteiger partial charge on any atom is 0.230 e. The normalized spacial score (nSPS) is 17.4. The summed E-state index contributed by atoms with van der Waals surface area (Å²) >= 11 is 5.01. The molecule has 0 radical (unpaired) electrons. The fraction of sp³-hybridized carbons (Fsp3) is 0.545. The van der Waals surface area contributed by atoms with Gasteiger partial charge in [0, 0.05) is 13.0 Å². The minimum Gasteiger partial charge on any atom is -0.317 e. The van der Waals surface area contributed by atoms with Gasteiger partial charge >= 0.3 is 0 Å². The van der Waals surface area contributed by atoms with Crippen molar-refractivity contribution >= 4 is 38.2 Å². The lowest BCUT2D eigenvalue weighted by Crippen LogP contribution is -2.39. The third-order valence-corrected chi connectivity index (χ3v) is 4.61. The van der Waals surface area contributed by atoms with Gasteiger partial charge in [-0.2, -0.15) is 0 Å². The van der Waals surface area contributed by atoms with Gasteiger partial charge in [0.05, 0.1) is 8.79 Å². The Morgan fingerprint density at radius 1 is 1.50 bits per heavy atom. The average Bonchev–Trinajstić information content (AvgIpc) is 2.75. The second-order valence-corrected chi connectivity index (χ2v) is 6.44. The Morgan fingerprint density at radius 3 is 2.75 bits per heavy atom. The first-order valence-corrected chi connectivity index (χ1v) is 7.03. The van der Waals surface area contributed by atoms with Crippen LogP contribution in [0.15, 0.2) is 15.9 Å². The summed E-state index contributed by atoms with van der Waals surface area (Å²) in [7, 11) is 1.86. The molecular formula is C11H15BrN2OS. The van der Waals surface area contributed by atoms with Crippen LogP contribution in [-0.2, 0) is 4.79 Å². The first-order chi connectivity index (χ1) is 7.68. The summed E-state index contributed by atoms with van der Waals surface area (Å²) < 4.78 is 1.06. The molecule has 1 aliphatic heterocycles. The summed E-state index contributed by atoms with van der Waals surface area (Å²) in [6, 6.07) is 3.96. The molecule has 5 heteroatoms. The molecule has 0 saturated carbocycles. The molecule has 0 unspecified atom stereocenters. The number of carbonyl (C=O) groups excluding carboxylic acids is 1. The number of anilines is 1. The van der Waals surface area contributed by atoms with Crippen LogP contribution < -0.4 is 10.2 Å². The molecule has 3 nitrogen and oxygen atoms in total. The monoisotopic (exact) mass is 302 g/mol. The highest BCUT2D eigenvalue weighted by molar-refractivity contribution is 9.11. The topological polar surface area (TPSA) is 32.3 Å². The van der Waals surface area contributed by atoms with Gasteiger partial charge in [-0.3, -0.25) is 4.79 Å². The number of amides is 1. The quantitative estimate of drug-likeness (QED) is 0.910. The molecular weight excluding hydrogens is 288 g/mol. The van der Waals surface area contributed by atoms with Crippen LogP contribution in [0.5, 0.6) is 0 Å². The third kappa shape index (κ3) is 2.64. The minimum atomic E-state index is 0.187. The van der Waals surface area contributed by atoms with E-state index < -0.39 is 0 Å². The van der Waals surface area contributed by atoms with Crippen molar-refractivity contribution in [1.29, 1.82) is 0 Å². The first-order valence-electron chi connectivity index (χ1n) is 5.42. The van der Waals surface area contributed by atoms with Crippen molar-refractivity contribution in [2.45, 2.75) is 12.8 Å². The zero-order valence-electron chi connectivity index (χ0n) is 9.20. The van der Waals surface area contributed by atoms with E-state index in [2.05, 4.69) is 21.2 Å². The predicted molar refractivity (Wildman–Crippen MR) is 71.0 cm³/mol. The molecule has 1 N–H and O–H groups in total. The Kier molecular flexibility index (Phi) is 4.00. The Bertz CT molecular complexity index is 374. The summed E-state index contributed by atoms with van der Waals surface area (Å²) in [6.45, 7) is 1.91. The van der Waals surface area contributed by atoms with Gasteiger partial charge in [0.2, 0.25) is 5.91 Å². The highest BCUT2D eigenvalue weighted by Gasteiger charge is 2.25. The van der Waals surface area contributed by atoms with E-state index >= 15 is 0 Å². The van der Waals surface area contributed by atoms with Crippen molar-refractivity contribution in [3.05, 3.63) is 15.9 Å². The second-order valence-electron chi connectivity index (χ2n) is 4.00. The molecule has 2 rings (SSSR count). The van der Waals surface area contributed by atoms with Crippen LogP contribution in [0, 0.1) is 5.92 Å². The Morgan fingerprint density at radius 2 is 2.19 bits per heavy atom. The number of piperidine rings is 1. The number of nitrogens with zero attached hydrogens (tertiary/aromatic N) is 1. The Hall–Kier alpha value is -0.390. The van der Waals surface area contributed by atoms with E-state index in [4.69, 9.17) is 0 Å². The number of halogens is 1. The van der Waals surface area contributed by atoms with Gasteiger partial charge in [-0.1, -0.05) is 0 Å². The maximum atomic E-state index is 12.2. The van der Waals surface area contributed by atoms with E-state index in [0.29, 0.717) is 0 Å². The predicted octanol–water partition coefficient (Wildman–Crippen LogP) is 2.47. The van der Waals surface area contributed by atoms with Crippen LogP contribution in [0.25, 0.3) is 0 Å². The number of hydrogen-bond acceptors (Lipinski definition) is 3. The Balaban J connectivity index is 2.03. The number of rotatable bonds is 2. The SMILES string of the molecule is CN(C(=O)C1CCNCC1)c1ccc(Br)s1. The largest absolute Gasteiger partial charge is 0.317 e. The standard InChI is InChI=1S/C11H15BrN2OS/c1-14(10-3-2-9(12)16-10)11(15)8-4-6-13-7-5-8/h2-3,8,13H,4-7H2,1H3.